The molecule has 0 N–H and O–H groups in total. The van der Waals surface area contributed by atoms with Gasteiger partial charge in [-0.15, -0.1) is 6.58 Å². The van der Waals surface area contributed by atoms with E-state index >= 15 is 0 Å². The molecule has 2 saturated heterocycles. The maximum Gasteiger partial charge on any atom is 0.306 e. The Morgan fingerprint density at radius 2 is 2.09 bits per heavy atom. The normalized spacial score (nSPS) is 27.2. The molecule has 0 bridgehead atoms. The van der Waals surface area contributed by atoms with Gasteiger partial charge in [0.2, 0.25) is 5.91 Å². The highest BCUT2D eigenvalue weighted by Gasteiger charge is 2.45. The Morgan fingerprint density at radius 1 is 1.35 bits per heavy atom. The zero-order valence-corrected chi connectivity index (χ0v) is 13.2. The van der Waals surface area contributed by atoms with Crippen molar-refractivity contribution in [2.75, 3.05) is 12.0 Å². The highest BCUT2D eigenvalue weighted by atomic mass is 16.5. The molecule has 3 rings (SSSR count). The molecule has 0 aromatic heterocycles. The van der Waals surface area contributed by atoms with Crippen molar-refractivity contribution in [3.63, 3.8) is 0 Å². The van der Waals surface area contributed by atoms with Gasteiger partial charge in [-0.1, -0.05) is 6.08 Å². The fourth-order valence-electron chi connectivity index (χ4n) is 3.59. The van der Waals surface area contributed by atoms with Crippen LogP contribution in [0.25, 0.3) is 0 Å². The average Bonchev–Trinajstić information content (AvgIpc) is 3.10. The van der Waals surface area contributed by atoms with E-state index in [9.17, 15) is 9.59 Å². The van der Waals surface area contributed by atoms with E-state index in [0.29, 0.717) is 19.3 Å². The Balaban J connectivity index is 1.86. The second kappa shape index (κ2) is 6.44. The van der Waals surface area contributed by atoms with Gasteiger partial charge in [0.05, 0.1) is 13.5 Å². The zero-order valence-electron chi connectivity index (χ0n) is 13.2. The number of hydrogen-bond acceptors (Lipinski definition) is 4. The first kappa shape index (κ1) is 15.6. The van der Waals surface area contributed by atoms with Crippen LogP contribution >= 0.6 is 0 Å². The summed E-state index contributed by atoms with van der Waals surface area (Å²) in [6.45, 7) is 3.74. The number of esters is 1. The molecular formula is C18H21NO4. The molecule has 1 aromatic rings. The Hall–Kier alpha value is -2.30. The Bertz CT molecular complexity index is 610. The number of hydrogen-bond donors (Lipinski definition) is 0. The summed E-state index contributed by atoms with van der Waals surface area (Å²) in [4.78, 5) is 25.9. The zero-order chi connectivity index (χ0) is 16.4. The summed E-state index contributed by atoms with van der Waals surface area (Å²) in [7, 11) is 1.61. The van der Waals surface area contributed by atoms with E-state index in [1.165, 1.54) is 0 Å². The third-order valence-corrected chi connectivity index (χ3v) is 4.66. The first-order valence-corrected chi connectivity index (χ1v) is 7.90. The van der Waals surface area contributed by atoms with E-state index in [1.807, 2.05) is 29.2 Å². The van der Waals surface area contributed by atoms with Crippen LogP contribution in [0, 0.1) is 5.92 Å². The van der Waals surface area contributed by atoms with Gasteiger partial charge in [-0.25, -0.2) is 0 Å². The summed E-state index contributed by atoms with van der Waals surface area (Å²) in [5, 5.41) is 0. The van der Waals surface area contributed by atoms with Gasteiger partial charge in [-0.2, -0.15) is 0 Å². The average molecular weight is 315 g/mol. The molecule has 1 aromatic carbocycles. The second-order valence-electron chi connectivity index (χ2n) is 5.99. The van der Waals surface area contributed by atoms with E-state index in [1.54, 1.807) is 13.2 Å². The number of carbonyl (C=O) groups excluding carboxylic acids is 2. The molecule has 2 heterocycles. The van der Waals surface area contributed by atoms with Crippen LogP contribution in [-0.4, -0.2) is 31.1 Å². The summed E-state index contributed by atoms with van der Waals surface area (Å²) in [6.07, 6.45) is 3.82. The van der Waals surface area contributed by atoms with Gasteiger partial charge in [0.15, 0.2) is 0 Å². The topological polar surface area (TPSA) is 55.8 Å². The van der Waals surface area contributed by atoms with Crippen LogP contribution in [0.15, 0.2) is 36.9 Å². The third-order valence-electron chi connectivity index (χ3n) is 4.66. The minimum absolute atomic E-state index is 0.00713. The monoisotopic (exact) mass is 315 g/mol. The molecule has 0 radical (unpaired) electrons. The van der Waals surface area contributed by atoms with Gasteiger partial charge in [0.25, 0.3) is 0 Å². The highest BCUT2D eigenvalue weighted by Crippen LogP contribution is 2.38. The summed E-state index contributed by atoms with van der Waals surface area (Å²) in [5.74, 6) is 0.683. The fraction of sp³-hybridized carbons (Fsp3) is 0.444. The van der Waals surface area contributed by atoms with Crippen LogP contribution in [0.4, 0.5) is 5.69 Å². The number of anilines is 1. The van der Waals surface area contributed by atoms with Crippen LogP contribution in [0.5, 0.6) is 5.75 Å². The number of benzene rings is 1. The first-order chi connectivity index (χ1) is 11.1. The molecule has 5 heteroatoms. The van der Waals surface area contributed by atoms with Crippen molar-refractivity contribution in [3.05, 3.63) is 36.9 Å². The molecule has 1 amide bonds. The van der Waals surface area contributed by atoms with Crippen LogP contribution < -0.4 is 9.64 Å². The molecule has 2 aliphatic rings. The first-order valence-electron chi connectivity index (χ1n) is 7.90. The predicted molar refractivity (Wildman–Crippen MR) is 86.3 cm³/mol. The number of nitrogens with zero attached hydrogens (tertiary/aromatic N) is 1. The molecule has 2 fully saturated rings. The van der Waals surface area contributed by atoms with E-state index in [2.05, 4.69) is 6.58 Å². The lowest BCUT2D eigenvalue weighted by atomic mass is 9.89. The minimum Gasteiger partial charge on any atom is -0.497 e. The van der Waals surface area contributed by atoms with Crippen LogP contribution in [-0.2, 0) is 14.3 Å². The smallest absolute Gasteiger partial charge is 0.306 e. The van der Waals surface area contributed by atoms with Crippen molar-refractivity contribution < 1.29 is 19.1 Å². The van der Waals surface area contributed by atoms with Crippen molar-refractivity contribution in [3.8, 4) is 5.75 Å². The Labute approximate surface area is 135 Å². The summed E-state index contributed by atoms with van der Waals surface area (Å²) < 4.78 is 10.6. The SMILES string of the molecule is C=CCC1OC(=O)C[C@H]1[C@H]1CCC(=O)N1c1ccc(OC)cc1. The number of amides is 1. The van der Waals surface area contributed by atoms with E-state index in [4.69, 9.17) is 9.47 Å². The van der Waals surface area contributed by atoms with E-state index < -0.39 is 0 Å². The second-order valence-corrected chi connectivity index (χ2v) is 5.99. The van der Waals surface area contributed by atoms with Gasteiger partial charge in [-0.05, 0) is 30.7 Å². The quantitative estimate of drug-likeness (QED) is 0.619. The molecule has 122 valence electrons. The minimum atomic E-state index is -0.184. The molecule has 3 atom stereocenters. The van der Waals surface area contributed by atoms with Crippen LogP contribution in [0.3, 0.4) is 0 Å². The molecular weight excluding hydrogens is 294 g/mol. The maximum atomic E-state index is 12.4. The van der Waals surface area contributed by atoms with Gasteiger partial charge in [-0.3, -0.25) is 9.59 Å². The number of cyclic esters (lactones) is 1. The number of rotatable bonds is 5. The molecule has 1 unspecified atom stereocenters. The van der Waals surface area contributed by atoms with Gasteiger partial charge in [0.1, 0.15) is 11.9 Å². The largest absolute Gasteiger partial charge is 0.497 e. The molecule has 0 spiro atoms. The van der Waals surface area contributed by atoms with Gasteiger partial charge >= 0.3 is 5.97 Å². The molecule has 5 nitrogen and oxygen atoms in total. The lowest BCUT2D eigenvalue weighted by molar-refractivity contribution is -0.141. The molecule has 23 heavy (non-hydrogen) atoms. The Kier molecular flexibility index (Phi) is 4.37. The number of ether oxygens (including phenoxy) is 2. The van der Waals surface area contributed by atoms with Gasteiger partial charge < -0.3 is 14.4 Å². The summed E-state index contributed by atoms with van der Waals surface area (Å²) in [5.41, 5.74) is 0.843. The standard InChI is InChI=1S/C18H21NO4/c1-3-4-16-14(11-18(21)23-16)15-9-10-17(20)19(15)12-5-7-13(22-2)8-6-12/h3,5-8,14-16H,1,4,9-11H2,2H3/t14-,15+,16?/m0/s1. The lowest BCUT2D eigenvalue weighted by Crippen LogP contribution is -2.41. The van der Waals surface area contributed by atoms with Crippen LogP contribution in [0.2, 0.25) is 0 Å². The summed E-state index contributed by atoms with van der Waals surface area (Å²) in [6, 6.07) is 7.45. The van der Waals surface area contributed by atoms with E-state index in [-0.39, 0.29) is 29.9 Å². The van der Waals surface area contributed by atoms with Crippen molar-refractivity contribution in [2.24, 2.45) is 5.92 Å². The van der Waals surface area contributed by atoms with Crippen molar-refractivity contribution >= 4 is 17.6 Å². The summed E-state index contributed by atoms with van der Waals surface area (Å²) >= 11 is 0. The molecule has 0 aliphatic carbocycles. The van der Waals surface area contributed by atoms with Gasteiger partial charge in [0, 0.05) is 30.5 Å². The molecule has 0 saturated carbocycles. The lowest BCUT2D eigenvalue weighted by Gasteiger charge is -2.31. The predicted octanol–water partition coefficient (Wildman–Crippen LogP) is 2.70. The maximum absolute atomic E-state index is 12.4. The van der Waals surface area contributed by atoms with Crippen LogP contribution in [0.1, 0.15) is 25.7 Å². The third kappa shape index (κ3) is 2.96. The highest BCUT2D eigenvalue weighted by molar-refractivity contribution is 5.96. The van der Waals surface area contributed by atoms with Crippen molar-refractivity contribution in [1.82, 2.24) is 0 Å². The Morgan fingerprint density at radius 3 is 2.74 bits per heavy atom. The fourth-order valence-corrected chi connectivity index (χ4v) is 3.59. The number of carbonyl (C=O) groups is 2. The van der Waals surface area contributed by atoms with Crippen molar-refractivity contribution in [1.29, 1.82) is 0 Å². The van der Waals surface area contributed by atoms with E-state index in [0.717, 1.165) is 17.9 Å². The molecule has 2 aliphatic heterocycles. The van der Waals surface area contributed by atoms with Crippen molar-refractivity contribution in [2.45, 2.75) is 37.8 Å². The number of methoxy groups -OCH3 is 1.